The van der Waals surface area contributed by atoms with E-state index >= 15 is 0 Å². The molecule has 1 saturated heterocycles. The van der Waals surface area contributed by atoms with Crippen LogP contribution in [0.15, 0.2) is 60.8 Å². The molecule has 1 atom stereocenters. The summed E-state index contributed by atoms with van der Waals surface area (Å²) < 4.78 is 28.4. The zero-order chi connectivity index (χ0) is 20.4. The van der Waals surface area contributed by atoms with E-state index in [1.165, 1.54) is 23.0 Å². The summed E-state index contributed by atoms with van der Waals surface area (Å²) in [6.07, 6.45) is 1.59. The first-order valence-electron chi connectivity index (χ1n) is 9.16. The van der Waals surface area contributed by atoms with Gasteiger partial charge in [-0.3, -0.25) is 9.59 Å². The van der Waals surface area contributed by atoms with E-state index in [-0.39, 0.29) is 29.6 Å². The van der Waals surface area contributed by atoms with Crippen LogP contribution in [0, 0.1) is 11.6 Å². The van der Waals surface area contributed by atoms with Gasteiger partial charge in [-0.15, -0.1) is 0 Å². The molecule has 2 aromatic carbocycles. The van der Waals surface area contributed by atoms with E-state index in [2.05, 4.69) is 10.4 Å². The highest BCUT2D eigenvalue weighted by molar-refractivity contribution is 5.93. The van der Waals surface area contributed by atoms with Crippen LogP contribution < -0.4 is 5.32 Å². The standard InChI is InChI=1S/C21H18F2N4O2/c22-15-6-7-18(16(23)12-15)27-10-8-17(25-27)21(29)26-11-9-24-20(28)13-19(26)14-4-2-1-3-5-14/h1-8,10,12,19H,9,11,13H2,(H,24,28)/t19-/m0/s1. The number of hydrogen-bond acceptors (Lipinski definition) is 3. The van der Waals surface area contributed by atoms with E-state index < -0.39 is 17.7 Å². The van der Waals surface area contributed by atoms with E-state index in [0.717, 1.165) is 17.7 Å². The third-order valence-corrected chi connectivity index (χ3v) is 4.84. The molecule has 1 aliphatic rings. The van der Waals surface area contributed by atoms with Crippen LogP contribution >= 0.6 is 0 Å². The number of nitrogens with one attached hydrogen (secondary N) is 1. The van der Waals surface area contributed by atoms with Crippen molar-refractivity contribution in [1.29, 1.82) is 0 Å². The van der Waals surface area contributed by atoms with Crippen molar-refractivity contribution in [2.45, 2.75) is 12.5 Å². The van der Waals surface area contributed by atoms with Gasteiger partial charge in [-0.25, -0.2) is 13.5 Å². The average Bonchev–Trinajstić information content (AvgIpc) is 3.11. The van der Waals surface area contributed by atoms with E-state index in [1.54, 1.807) is 4.90 Å². The fourth-order valence-electron chi connectivity index (χ4n) is 3.43. The Morgan fingerprint density at radius 2 is 1.90 bits per heavy atom. The number of carbonyl (C=O) groups excluding carboxylic acids is 2. The lowest BCUT2D eigenvalue weighted by Crippen LogP contribution is -2.36. The van der Waals surface area contributed by atoms with Crippen LogP contribution in [0.2, 0.25) is 0 Å². The largest absolute Gasteiger partial charge is 0.354 e. The normalized spacial score (nSPS) is 17.0. The van der Waals surface area contributed by atoms with Crippen molar-refractivity contribution in [1.82, 2.24) is 20.0 Å². The molecular formula is C21H18F2N4O2. The molecule has 1 N–H and O–H groups in total. The summed E-state index contributed by atoms with van der Waals surface area (Å²) >= 11 is 0. The van der Waals surface area contributed by atoms with Gasteiger partial charge in [0.1, 0.15) is 11.5 Å². The minimum atomic E-state index is -0.779. The molecule has 0 spiro atoms. The molecule has 6 nitrogen and oxygen atoms in total. The van der Waals surface area contributed by atoms with Crippen LogP contribution in [-0.2, 0) is 4.79 Å². The second-order valence-corrected chi connectivity index (χ2v) is 6.72. The lowest BCUT2D eigenvalue weighted by Gasteiger charge is -2.29. The second kappa shape index (κ2) is 7.83. The van der Waals surface area contributed by atoms with Gasteiger partial charge in [-0.2, -0.15) is 5.10 Å². The summed E-state index contributed by atoms with van der Waals surface area (Å²) in [5, 5.41) is 6.96. The monoisotopic (exact) mass is 396 g/mol. The Morgan fingerprint density at radius 3 is 2.66 bits per heavy atom. The summed E-state index contributed by atoms with van der Waals surface area (Å²) in [7, 11) is 0. The number of hydrogen-bond donors (Lipinski definition) is 1. The van der Waals surface area contributed by atoms with Gasteiger partial charge in [0.15, 0.2) is 11.5 Å². The molecular weight excluding hydrogens is 378 g/mol. The minimum Gasteiger partial charge on any atom is -0.354 e. The Kier molecular flexibility index (Phi) is 5.07. The maximum absolute atomic E-state index is 14.0. The fourth-order valence-corrected chi connectivity index (χ4v) is 3.43. The molecule has 1 fully saturated rings. The van der Waals surface area contributed by atoms with Gasteiger partial charge in [-0.1, -0.05) is 30.3 Å². The lowest BCUT2D eigenvalue weighted by atomic mass is 10.0. The van der Waals surface area contributed by atoms with Crippen LogP contribution in [0.1, 0.15) is 28.5 Å². The predicted octanol–water partition coefficient (Wildman–Crippen LogP) is 2.85. The number of nitrogens with zero attached hydrogens (tertiary/aromatic N) is 3. The highest BCUT2D eigenvalue weighted by Crippen LogP contribution is 2.27. The number of carbonyl (C=O) groups is 2. The molecule has 0 unspecified atom stereocenters. The van der Waals surface area contributed by atoms with Crippen molar-refractivity contribution in [2.75, 3.05) is 13.1 Å². The van der Waals surface area contributed by atoms with Crippen molar-refractivity contribution in [3.63, 3.8) is 0 Å². The molecule has 4 rings (SSSR count). The van der Waals surface area contributed by atoms with Crippen LogP contribution in [0.5, 0.6) is 0 Å². The molecule has 3 aromatic rings. The SMILES string of the molecule is O=C1C[C@@H](c2ccccc2)N(C(=O)c2ccn(-c3ccc(F)cc3F)n2)CCN1. The predicted molar refractivity (Wildman–Crippen MR) is 101 cm³/mol. The Balaban J connectivity index is 1.65. The summed E-state index contributed by atoms with van der Waals surface area (Å²) in [4.78, 5) is 26.9. The number of amides is 2. The molecule has 148 valence electrons. The number of rotatable bonds is 3. The highest BCUT2D eigenvalue weighted by atomic mass is 19.1. The van der Waals surface area contributed by atoms with E-state index in [1.807, 2.05) is 30.3 Å². The summed E-state index contributed by atoms with van der Waals surface area (Å²) in [5.74, 6) is -1.97. The first-order chi connectivity index (χ1) is 14.0. The molecule has 29 heavy (non-hydrogen) atoms. The van der Waals surface area contributed by atoms with Crippen molar-refractivity contribution in [3.05, 3.63) is 83.7 Å². The molecule has 1 aliphatic heterocycles. The summed E-state index contributed by atoms with van der Waals surface area (Å²) in [6, 6.07) is 13.5. The second-order valence-electron chi connectivity index (χ2n) is 6.72. The van der Waals surface area contributed by atoms with Gasteiger partial charge in [0.05, 0.1) is 12.5 Å². The quantitative estimate of drug-likeness (QED) is 0.740. The van der Waals surface area contributed by atoms with Gasteiger partial charge >= 0.3 is 0 Å². The smallest absolute Gasteiger partial charge is 0.274 e. The Bertz CT molecular complexity index is 1050. The number of halogens is 2. The van der Waals surface area contributed by atoms with E-state index in [4.69, 9.17) is 0 Å². The molecule has 8 heteroatoms. The van der Waals surface area contributed by atoms with E-state index in [0.29, 0.717) is 13.1 Å². The first-order valence-corrected chi connectivity index (χ1v) is 9.16. The maximum atomic E-state index is 14.0. The van der Waals surface area contributed by atoms with Gasteiger partial charge in [0.25, 0.3) is 5.91 Å². The molecule has 2 heterocycles. The summed E-state index contributed by atoms with van der Waals surface area (Å²) in [6.45, 7) is 0.656. The lowest BCUT2D eigenvalue weighted by molar-refractivity contribution is -0.121. The Labute approximate surface area is 165 Å². The number of benzene rings is 2. The molecule has 0 aliphatic carbocycles. The maximum Gasteiger partial charge on any atom is 0.274 e. The topological polar surface area (TPSA) is 67.2 Å². The third kappa shape index (κ3) is 3.87. The molecule has 1 aromatic heterocycles. The van der Waals surface area contributed by atoms with Crippen molar-refractivity contribution in [2.24, 2.45) is 0 Å². The van der Waals surface area contributed by atoms with Crippen LogP contribution in [0.4, 0.5) is 8.78 Å². The summed E-state index contributed by atoms with van der Waals surface area (Å²) in [5.41, 5.74) is 1.00. The van der Waals surface area contributed by atoms with Crippen molar-refractivity contribution >= 4 is 11.8 Å². The van der Waals surface area contributed by atoms with Crippen LogP contribution in [-0.4, -0.2) is 39.6 Å². The highest BCUT2D eigenvalue weighted by Gasteiger charge is 2.31. The number of aromatic nitrogens is 2. The van der Waals surface area contributed by atoms with Crippen LogP contribution in [0.3, 0.4) is 0 Å². The Morgan fingerprint density at radius 1 is 1.10 bits per heavy atom. The fraction of sp³-hybridized carbons (Fsp3) is 0.190. The molecule has 2 amide bonds. The van der Waals surface area contributed by atoms with Crippen molar-refractivity contribution < 1.29 is 18.4 Å². The van der Waals surface area contributed by atoms with Gasteiger partial charge in [0, 0.05) is 25.4 Å². The molecule has 0 radical (unpaired) electrons. The van der Waals surface area contributed by atoms with E-state index in [9.17, 15) is 18.4 Å². The van der Waals surface area contributed by atoms with Gasteiger partial charge < -0.3 is 10.2 Å². The minimum absolute atomic E-state index is 0.0396. The van der Waals surface area contributed by atoms with Crippen LogP contribution in [0.25, 0.3) is 5.69 Å². The molecule has 0 saturated carbocycles. The zero-order valence-corrected chi connectivity index (χ0v) is 15.4. The first kappa shape index (κ1) is 18.8. The third-order valence-electron chi connectivity index (χ3n) is 4.84. The van der Waals surface area contributed by atoms with Gasteiger partial charge in [0.2, 0.25) is 5.91 Å². The Hall–Kier alpha value is -3.55. The van der Waals surface area contributed by atoms with Crippen molar-refractivity contribution in [3.8, 4) is 5.69 Å². The molecule has 0 bridgehead atoms. The zero-order valence-electron chi connectivity index (χ0n) is 15.4. The van der Waals surface area contributed by atoms with Gasteiger partial charge in [-0.05, 0) is 23.8 Å². The average molecular weight is 396 g/mol.